The van der Waals surface area contributed by atoms with Crippen molar-refractivity contribution in [1.29, 1.82) is 0 Å². The van der Waals surface area contributed by atoms with Gasteiger partial charge in [0, 0.05) is 36.7 Å². The maximum Gasteiger partial charge on any atom is 0.222 e. The van der Waals surface area contributed by atoms with Crippen molar-refractivity contribution in [2.24, 2.45) is 0 Å². The number of hydrogen-bond donors (Lipinski definition) is 2. The molecule has 5 nitrogen and oxygen atoms in total. The average Bonchev–Trinajstić information content (AvgIpc) is 2.78. The number of aryl methyl sites for hydroxylation is 1. The van der Waals surface area contributed by atoms with Gasteiger partial charge in [-0.1, -0.05) is 0 Å². The predicted molar refractivity (Wildman–Crippen MR) is 64.7 cm³/mol. The maximum atomic E-state index is 4.28. The van der Waals surface area contributed by atoms with E-state index in [2.05, 4.69) is 25.3 Å². The Balaban J connectivity index is 1.55. The summed E-state index contributed by atoms with van der Waals surface area (Å²) in [7, 11) is 0. The number of imidazole rings is 1. The van der Waals surface area contributed by atoms with Crippen LogP contribution < -0.4 is 5.32 Å². The van der Waals surface area contributed by atoms with Crippen LogP contribution in [-0.4, -0.2) is 26.0 Å². The van der Waals surface area contributed by atoms with E-state index < -0.39 is 0 Å². The summed E-state index contributed by atoms with van der Waals surface area (Å²) >= 11 is 0. The van der Waals surface area contributed by atoms with E-state index in [0.29, 0.717) is 12.0 Å². The normalized spacial score (nSPS) is 23.1. The van der Waals surface area contributed by atoms with Crippen LogP contribution in [0.15, 0.2) is 24.8 Å². The Hall–Kier alpha value is -1.91. The number of rotatable bonds is 3. The summed E-state index contributed by atoms with van der Waals surface area (Å²) < 4.78 is 0. The van der Waals surface area contributed by atoms with Crippen molar-refractivity contribution in [3.05, 3.63) is 36.2 Å². The molecule has 88 valence electrons. The second-order valence-electron chi connectivity index (χ2n) is 4.57. The largest absolute Gasteiger partial charge is 0.351 e. The van der Waals surface area contributed by atoms with Crippen molar-refractivity contribution in [1.82, 2.24) is 19.9 Å². The number of anilines is 1. The fourth-order valence-corrected chi connectivity index (χ4v) is 2.11. The van der Waals surface area contributed by atoms with Crippen LogP contribution in [0, 0.1) is 6.92 Å². The van der Waals surface area contributed by atoms with E-state index in [0.717, 1.165) is 30.2 Å². The lowest BCUT2D eigenvalue weighted by Gasteiger charge is -2.34. The number of aromatic nitrogens is 4. The maximum absolute atomic E-state index is 4.28. The summed E-state index contributed by atoms with van der Waals surface area (Å²) in [5.41, 5.74) is 1.08. The molecule has 0 unspecified atom stereocenters. The number of aromatic amines is 1. The van der Waals surface area contributed by atoms with E-state index in [1.807, 2.05) is 25.5 Å². The summed E-state index contributed by atoms with van der Waals surface area (Å²) in [6, 6.07) is 0.466. The van der Waals surface area contributed by atoms with Crippen LogP contribution in [0.5, 0.6) is 0 Å². The van der Waals surface area contributed by atoms with Crippen LogP contribution in [0.1, 0.15) is 30.1 Å². The second kappa shape index (κ2) is 4.16. The Morgan fingerprint density at radius 3 is 2.65 bits per heavy atom. The first kappa shape index (κ1) is 10.3. The number of H-pyrrole nitrogens is 1. The predicted octanol–water partition coefficient (Wildman–Crippen LogP) is 1.87. The van der Waals surface area contributed by atoms with E-state index in [1.165, 1.54) is 0 Å². The quantitative estimate of drug-likeness (QED) is 0.843. The highest BCUT2D eigenvalue weighted by Crippen LogP contribution is 2.36. The van der Waals surface area contributed by atoms with Gasteiger partial charge < -0.3 is 10.3 Å². The zero-order chi connectivity index (χ0) is 11.7. The van der Waals surface area contributed by atoms with Crippen molar-refractivity contribution >= 4 is 5.95 Å². The molecule has 1 saturated carbocycles. The van der Waals surface area contributed by atoms with Crippen LogP contribution in [0.3, 0.4) is 0 Å². The Bertz CT molecular complexity index is 470. The third-order valence-electron chi connectivity index (χ3n) is 3.16. The fraction of sp³-hybridized carbons (Fsp3) is 0.417. The molecule has 17 heavy (non-hydrogen) atoms. The minimum absolute atomic E-state index is 0.466. The summed E-state index contributed by atoms with van der Waals surface area (Å²) in [5, 5.41) is 3.33. The van der Waals surface area contributed by atoms with Gasteiger partial charge in [-0.05, 0) is 25.3 Å². The molecule has 0 radical (unpaired) electrons. The van der Waals surface area contributed by atoms with Crippen molar-refractivity contribution in [3.63, 3.8) is 0 Å². The fourth-order valence-electron chi connectivity index (χ4n) is 2.11. The molecule has 5 heteroatoms. The molecule has 2 heterocycles. The topological polar surface area (TPSA) is 66.5 Å². The summed E-state index contributed by atoms with van der Waals surface area (Å²) in [4.78, 5) is 15.9. The lowest BCUT2D eigenvalue weighted by Crippen LogP contribution is -2.35. The van der Waals surface area contributed by atoms with Gasteiger partial charge in [-0.3, -0.25) is 0 Å². The van der Waals surface area contributed by atoms with Crippen molar-refractivity contribution < 1.29 is 0 Å². The van der Waals surface area contributed by atoms with Gasteiger partial charge in [0.05, 0.1) is 0 Å². The van der Waals surface area contributed by atoms with E-state index in [1.54, 1.807) is 6.20 Å². The molecule has 0 aliphatic heterocycles. The molecule has 0 aromatic carbocycles. The van der Waals surface area contributed by atoms with Crippen molar-refractivity contribution in [3.8, 4) is 0 Å². The molecule has 2 aromatic heterocycles. The number of hydrogen-bond acceptors (Lipinski definition) is 4. The molecule has 0 saturated heterocycles. The van der Waals surface area contributed by atoms with Crippen LogP contribution in [0.25, 0.3) is 0 Å². The van der Waals surface area contributed by atoms with Crippen LogP contribution in [-0.2, 0) is 0 Å². The SMILES string of the molecule is Cc1cnc(NC2CC(c3ncc[nH]3)C2)nc1. The van der Waals surface area contributed by atoms with Gasteiger partial charge in [0.25, 0.3) is 0 Å². The first-order valence-electron chi connectivity index (χ1n) is 5.86. The van der Waals surface area contributed by atoms with E-state index >= 15 is 0 Å². The average molecular weight is 229 g/mol. The second-order valence-corrected chi connectivity index (χ2v) is 4.57. The highest BCUT2D eigenvalue weighted by Gasteiger charge is 2.32. The third kappa shape index (κ3) is 2.13. The lowest BCUT2D eigenvalue weighted by atomic mass is 9.80. The van der Waals surface area contributed by atoms with Crippen molar-refractivity contribution in [2.45, 2.75) is 31.7 Å². The molecule has 0 spiro atoms. The third-order valence-corrected chi connectivity index (χ3v) is 3.16. The minimum atomic E-state index is 0.466. The van der Waals surface area contributed by atoms with Gasteiger partial charge in [-0.2, -0.15) is 0 Å². The Labute approximate surface area is 99.7 Å². The van der Waals surface area contributed by atoms with E-state index in [-0.39, 0.29) is 0 Å². The molecule has 0 bridgehead atoms. The molecule has 1 fully saturated rings. The Kier molecular flexibility index (Phi) is 2.51. The molecule has 0 atom stereocenters. The standard InChI is InChI=1S/C12H15N5/c1-8-6-15-12(16-7-8)17-10-4-9(5-10)11-13-2-3-14-11/h2-3,6-7,9-10H,4-5H2,1H3,(H,13,14)(H,15,16,17). The minimum Gasteiger partial charge on any atom is -0.351 e. The van der Waals surface area contributed by atoms with Gasteiger partial charge in [-0.15, -0.1) is 0 Å². The van der Waals surface area contributed by atoms with E-state index in [4.69, 9.17) is 0 Å². The Morgan fingerprint density at radius 2 is 2.00 bits per heavy atom. The van der Waals surface area contributed by atoms with Gasteiger partial charge in [0.2, 0.25) is 5.95 Å². The molecular weight excluding hydrogens is 214 g/mol. The van der Waals surface area contributed by atoms with E-state index in [9.17, 15) is 0 Å². The number of nitrogens with one attached hydrogen (secondary N) is 2. The zero-order valence-corrected chi connectivity index (χ0v) is 9.72. The van der Waals surface area contributed by atoms with Crippen LogP contribution >= 0.6 is 0 Å². The molecule has 2 N–H and O–H groups in total. The zero-order valence-electron chi connectivity index (χ0n) is 9.72. The summed E-state index contributed by atoms with van der Waals surface area (Å²) in [6.07, 6.45) is 9.52. The van der Waals surface area contributed by atoms with Crippen LogP contribution in [0.2, 0.25) is 0 Å². The highest BCUT2D eigenvalue weighted by atomic mass is 15.1. The molecule has 1 aliphatic carbocycles. The first-order valence-corrected chi connectivity index (χ1v) is 5.86. The van der Waals surface area contributed by atoms with Gasteiger partial charge >= 0.3 is 0 Å². The summed E-state index contributed by atoms with van der Waals surface area (Å²) in [5.74, 6) is 2.36. The lowest BCUT2D eigenvalue weighted by molar-refractivity contribution is 0.360. The number of nitrogens with zero attached hydrogens (tertiary/aromatic N) is 3. The smallest absolute Gasteiger partial charge is 0.222 e. The van der Waals surface area contributed by atoms with Gasteiger partial charge in [-0.25, -0.2) is 15.0 Å². The summed E-state index contributed by atoms with van der Waals surface area (Å²) in [6.45, 7) is 1.99. The highest BCUT2D eigenvalue weighted by molar-refractivity contribution is 5.28. The molecule has 3 rings (SSSR count). The van der Waals surface area contributed by atoms with Gasteiger partial charge in [0.1, 0.15) is 5.82 Å². The molecule has 1 aliphatic rings. The van der Waals surface area contributed by atoms with Crippen molar-refractivity contribution in [2.75, 3.05) is 5.32 Å². The Morgan fingerprint density at radius 1 is 1.24 bits per heavy atom. The first-order chi connectivity index (χ1) is 8.31. The molecule has 2 aromatic rings. The monoisotopic (exact) mass is 229 g/mol. The molecule has 0 amide bonds. The molecular formula is C12H15N5. The van der Waals surface area contributed by atoms with Crippen LogP contribution in [0.4, 0.5) is 5.95 Å². The van der Waals surface area contributed by atoms with Gasteiger partial charge in [0.15, 0.2) is 0 Å².